The molecule has 2 aromatic rings. The number of nitrogens with one attached hydrogen (secondary N) is 2. The first-order valence-electron chi connectivity index (χ1n) is 9.42. The molecule has 6 heteroatoms. The van der Waals surface area contributed by atoms with E-state index < -0.39 is 0 Å². The molecule has 4 bridgehead atoms. The molecule has 2 aromatic heterocycles. The van der Waals surface area contributed by atoms with Gasteiger partial charge in [0.25, 0.3) is 0 Å². The Morgan fingerprint density at radius 1 is 1.28 bits per heavy atom. The maximum absolute atomic E-state index is 12.2. The first-order chi connectivity index (χ1) is 12.1. The zero-order valence-corrected chi connectivity index (χ0v) is 14.7. The van der Waals surface area contributed by atoms with Crippen molar-refractivity contribution in [3.05, 3.63) is 29.8 Å². The van der Waals surface area contributed by atoms with E-state index in [4.69, 9.17) is 0 Å². The summed E-state index contributed by atoms with van der Waals surface area (Å²) in [6.45, 7) is 0. The van der Waals surface area contributed by atoms with Gasteiger partial charge in [-0.1, -0.05) is 0 Å². The summed E-state index contributed by atoms with van der Waals surface area (Å²) in [5.41, 5.74) is 2.29. The number of carbonyl (C=O) groups is 1. The third-order valence-corrected chi connectivity index (χ3v) is 6.55. The van der Waals surface area contributed by atoms with Crippen LogP contribution in [-0.2, 0) is 23.7 Å². The number of aromatic amines is 1. The lowest BCUT2D eigenvalue weighted by atomic mass is 9.49. The van der Waals surface area contributed by atoms with E-state index in [2.05, 4.69) is 20.4 Å². The Morgan fingerprint density at radius 2 is 1.96 bits per heavy atom. The molecular weight excluding hydrogens is 314 g/mol. The van der Waals surface area contributed by atoms with E-state index in [1.807, 2.05) is 25.5 Å². The quantitative estimate of drug-likeness (QED) is 0.899. The Kier molecular flexibility index (Phi) is 3.30. The highest BCUT2D eigenvalue weighted by Crippen LogP contribution is 2.60. The van der Waals surface area contributed by atoms with Gasteiger partial charge in [0, 0.05) is 24.4 Å². The van der Waals surface area contributed by atoms with Crippen LogP contribution in [-0.4, -0.2) is 25.7 Å². The molecule has 6 nitrogen and oxygen atoms in total. The van der Waals surface area contributed by atoms with Crippen LogP contribution in [0.15, 0.2) is 18.5 Å². The fourth-order valence-electron chi connectivity index (χ4n) is 5.99. The number of hydrogen-bond donors (Lipinski definition) is 2. The van der Waals surface area contributed by atoms with Gasteiger partial charge in [0.15, 0.2) is 0 Å². The molecule has 0 atom stereocenters. The second kappa shape index (κ2) is 5.44. The van der Waals surface area contributed by atoms with Gasteiger partial charge < -0.3 is 4.98 Å². The lowest BCUT2D eigenvalue weighted by molar-refractivity contribution is -0.115. The number of imidazole rings is 1. The van der Waals surface area contributed by atoms with Gasteiger partial charge >= 0.3 is 0 Å². The minimum Gasteiger partial charge on any atom is -0.327 e. The number of aryl methyl sites for hydroxylation is 1. The number of nitrogens with zero attached hydrogens (tertiary/aromatic N) is 3. The molecule has 4 fully saturated rings. The SMILES string of the molecule is Cn1ccc(CC(=O)Nc2ncc(C34CC5CC(CC(C5)C3)C4)[nH]2)n1. The van der Waals surface area contributed by atoms with Gasteiger partial charge in [0.1, 0.15) is 0 Å². The molecule has 6 rings (SSSR count). The van der Waals surface area contributed by atoms with Crippen molar-refractivity contribution in [2.75, 3.05) is 5.32 Å². The number of aromatic nitrogens is 4. The monoisotopic (exact) mass is 339 g/mol. The zero-order valence-electron chi connectivity index (χ0n) is 14.7. The normalized spacial score (nSPS) is 32.9. The minimum absolute atomic E-state index is 0.0786. The Morgan fingerprint density at radius 3 is 2.56 bits per heavy atom. The van der Waals surface area contributed by atoms with Crippen molar-refractivity contribution in [1.82, 2.24) is 19.7 Å². The van der Waals surface area contributed by atoms with Crippen LogP contribution >= 0.6 is 0 Å². The number of H-pyrrole nitrogens is 1. The molecule has 25 heavy (non-hydrogen) atoms. The van der Waals surface area contributed by atoms with Crippen LogP contribution in [0.2, 0.25) is 0 Å². The highest BCUT2D eigenvalue weighted by Gasteiger charge is 2.52. The third kappa shape index (κ3) is 2.68. The second-order valence-electron chi connectivity index (χ2n) is 8.55. The van der Waals surface area contributed by atoms with Gasteiger partial charge in [-0.2, -0.15) is 5.10 Å². The summed E-state index contributed by atoms with van der Waals surface area (Å²) < 4.78 is 1.71. The molecule has 0 aromatic carbocycles. The maximum atomic E-state index is 12.2. The van der Waals surface area contributed by atoms with Gasteiger partial charge in [0.2, 0.25) is 11.9 Å². The highest BCUT2D eigenvalue weighted by atomic mass is 16.1. The van der Waals surface area contributed by atoms with Crippen molar-refractivity contribution in [2.24, 2.45) is 24.8 Å². The number of rotatable bonds is 4. The maximum Gasteiger partial charge on any atom is 0.232 e. The zero-order chi connectivity index (χ0) is 17.0. The van der Waals surface area contributed by atoms with E-state index in [9.17, 15) is 4.79 Å². The summed E-state index contributed by atoms with van der Waals surface area (Å²) in [4.78, 5) is 20.1. The molecule has 2 heterocycles. The lowest BCUT2D eigenvalue weighted by Gasteiger charge is -2.56. The summed E-state index contributed by atoms with van der Waals surface area (Å²) in [5.74, 6) is 3.20. The van der Waals surface area contributed by atoms with E-state index >= 15 is 0 Å². The fraction of sp³-hybridized carbons (Fsp3) is 0.632. The molecule has 132 valence electrons. The van der Waals surface area contributed by atoms with Crippen LogP contribution in [0, 0.1) is 17.8 Å². The highest BCUT2D eigenvalue weighted by molar-refractivity contribution is 5.90. The summed E-state index contributed by atoms with van der Waals surface area (Å²) >= 11 is 0. The standard InChI is InChI=1S/C19H25N5O/c1-24-3-2-15(23-24)7-17(25)22-18-20-11-16(21-18)19-8-12-4-13(9-19)6-14(5-12)10-19/h2-3,11-14H,4-10H2,1H3,(H2,20,21,22,25). The Labute approximate surface area is 147 Å². The van der Waals surface area contributed by atoms with Gasteiger partial charge in [-0.15, -0.1) is 0 Å². The number of carbonyl (C=O) groups excluding carboxylic acids is 1. The molecular formula is C19H25N5O. The topological polar surface area (TPSA) is 75.6 Å². The van der Waals surface area contributed by atoms with Crippen LogP contribution < -0.4 is 5.32 Å². The van der Waals surface area contributed by atoms with Crippen molar-refractivity contribution < 1.29 is 4.79 Å². The smallest absolute Gasteiger partial charge is 0.232 e. The Bertz CT molecular complexity index is 769. The van der Waals surface area contributed by atoms with Crippen LogP contribution in [0.3, 0.4) is 0 Å². The molecule has 0 saturated heterocycles. The average molecular weight is 339 g/mol. The van der Waals surface area contributed by atoms with Crippen LogP contribution in [0.4, 0.5) is 5.95 Å². The second-order valence-corrected chi connectivity index (χ2v) is 8.55. The van der Waals surface area contributed by atoms with Gasteiger partial charge in [-0.05, 0) is 62.3 Å². The van der Waals surface area contributed by atoms with E-state index in [0.29, 0.717) is 5.95 Å². The van der Waals surface area contributed by atoms with E-state index in [1.54, 1.807) is 4.68 Å². The number of amides is 1. The molecule has 4 aliphatic rings. The molecule has 0 radical (unpaired) electrons. The molecule has 0 spiro atoms. The molecule has 1 amide bonds. The number of anilines is 1. The first-order valence-corrected chi connectivity index (χ1v) is 9.42. The summed E-state index contributed by atoms with van der Waals surface area (Å²) in [6.07, 6.45) is 12.3. The Hall–Kier alpha value is -2.11. The van der Waals surface area contributed by atoms with Crippen LogP contribution in [0.25, 0.3) is 0 Å². The summed E-state index contributed by atoms with van der Waals surface area (Å²) in [5, 5.41) is 7.15. The van der Waals surface area contributed by atoms with Gasteiger partial charge in [0.05, 0.1) is 18.3 Å². The van der Waals surface area contributed by atoms with E-state index in [-0.39, 0.29) is 17.7 Å². The molecule has 0 aliphatic heterocycles. The van der Waals surface area contributed by atoms with Gasteiger partial charge in [-0.25, -0.2) is 4.98 Å². The summed E-state index contributed by atoms with van der Waals surface area (Å²) in [6, 6.07) is 1.86. The van der Waals surface area contributed by atoms with Crippen LogP contribution in [0.5, 0.6) is 0 Å². The minimum atomic E-state index is -0.0786. The van der Waals surface area contributed by atoms with Crippen molar-refractivity contribution in [3.8, 4) is 0 Å². The largest absolute Gasteiger partial charge is 0.327 e. The third-order valence-electron chi connectivity index (χ3n) is 6.55. The molecule has 0 unspecified atom stereocenters. The molecule has 4 saturated carbocycles. The van der Waals surface area contributed by atoms with Gasteiger partial charge in [-0.3, -0.25) is 14.8 Å². The average Bonchev–Trinajstić information content (AvgIpc) is 3.15. The van der Waals surface area contributed by atoms with Crippen molar-refractivity contribution in [1.29, 1.82) is 0 Å². The fourth-order valence-corrected chi connectivity index (χ4v) is 5.99. The first kappa shape index (κ1) is 15.2. The van der Waals surface area contributed by atoms with E-state index in [1.165, 1.54) is 44.2 Å². The van der Waals surface area contributed by atoms with E-state index in [0.717, 1.165) is 23.4 Å². The molecule has 4 aliphatic carbocycles. The number of hydrogen-bond acceptors (Lipinski definition) is 3. The lowest BCUT2D eigenvalue weighted by Crippen LogP contribution is -2.48. The molecule has 2 N–H and O–H groups in total. The van der Waals surface area contributed by atoms with Crippen molar-refractivity contribution in [3.63, 3.8) is 0 Å². The van der Waals surface area contributed by atoms with Crippen molar-refractivity contribution in [2.45, 2.75) is 50.4 Å². The van der Waals surface area contributed by atoms with Crippen LogP contribution in [0.1, 0.15) is 49.9 Å². The summed E-state index contributed by atoms with van der Waals surface area (Å²) in [7, 11) is 1.85. The van der Waals surface area contributed by atoms with Crippen molar-refractivity contribution >= 4 is 11.9 Å². The Balaban J connectivity index is 1.30. The predicted octanol–water partition coefficient (Wildman–Crippen LogP) is 2.79. The predicted molar refractivity (Wildman–Crippen MR) is 94.0 cm³/mol.